The molecule has 0 aliphatic carbocycles. The van der Waals surface area contributed by atoms with Gasteiger partial charge in [0.15, 0.2) is 0 Å². The average Bonchev–Trinajstić information content (AvgIpc) is 2.85. The van der Waals surface area contributed by atoms with Gasteiger partial charge in [-0.25, -0.2) is 0 Å². The molecule has 1 heterocycles. The number of benzene rings is 1. The van der Waals surface area contributed by atoms with Gasteiger partial charge in [-0.1, -0.05) is 12.1 Å². The fraction of sp³-hybridized carbons (Fsp3) is 0.571. The van der Waals surface area contributed by atoms with E-state index in [9.17, 15) is 0 Å². The van der Waals surface area contributed by atoms with E-state index in [4.69, 9.17) is 9.47 Å². The Balaban J connectivity index is 1.80. The summed E-state index contributed by atoms with van der Waals surface area (Å²) in [5.74, 6) is 0.921. The Labute approximate surface area is 103 Å². The second kappa shape index (κ2) is 6.62. The molecule has 2 rings (SSSR count). The third-order valence-corrected chi connectivity index (χ3v) is 3.12. The van der Waals surface area contributed by atoms with Gasteiger partial charge in [0.05, 0.1) is 6.61 Å². The Bertz CT molecular complexity index is 317. The van der Waals surface area contributed by atoms with Gasteiger partial charge in [-0.05, 0) is 43.5 Å². The molecule has 1 aliphatic rings. The number of nitrogens with one attached hydrogen (secondary N) is 1. The number of hydrogen-bond acceptors (Lipinski definition) is 3. The fourth-order valence-corrected chi connectivity index (χ4v) is 2.18. The summed E-state index contributed by atoms with van der Waals surface area (Å²) < 4.78 is 10.5. The van der Waals surface area contributed by atoms with Gasteiger partial charge in [-0.3, -0.25) is 0 Å². The van der Waals surface area contributed by atoms with Crippen LogP contribution in [0.4, 0.5) is 0 Å². The molecule has 0 amide bonds. The topological polar surface area (TPSA) is 30.5 Å². The van der Waals surface area contributed by atoms with Gasteiger partial charge < -0.3 is 14.8 Å². The van der Waals surface area contributed by atoms with Crippen molar-refractivity contribution in [3.63, 3.8) is 0 Å². The first-order valence-corrected chi connectivity index (χ1v) is 6.32. The van der Waals surface area contributed by atoms with Crippen LogP contribution in [0.2, 0.25) is 0 Å². The van der Waals surface area contributed by atoms with E-state index in [1.807, 2.05) is 12.1 Å². The molecule has 17 heavy (non-hydrogen) atoms. The minimum atomic E-state index is 0.611. The maximum absolute atomic E-state index is 5.53. The lowest BCUT2D eigenvalue weighted by Crippen LogP contribution is -2.23. The average molecular weight is 235 g/mol. The maximum atomic E-state index is 5.53. The summed E-state index contributed by atoms with van der Waals surface area (Å²) in [4.78, 5) is 0. The highest BCUT2D eigenvalue weighted by Crippen LogP contribution is 2.16. The molecular weight excluding hydrogens is 214 g/mol. The summed E-state index contributed by atoms with van der Waals surface area (Å²) in [6.45, 7) is 2.41. The largest absolute Gasteiger partial charge is 0.491 e. The molecule has 1 atom stereocenters. The second-order valence-electron chi connectivity index (χ2n) is 4.48. The molecule has 1 aliphatic heterocycles. The molecular formula is C14H21NO2. The minimum absolute atomic E-state index is 0.611. The fourth-order valence-electron chi connectivity index (χ4n) is 2.18. The summed E-state index contributed by atoms with van der Waals surface area (Å²) in [5.41, 5.74) is 1.38. The van der Waals surface area contributed by atoms with Crippen molar-refractivity contribution in [2.75, 3.05) is 26.9 Å². The van der Waals surface area contributed by atoms with Crippen LogP contribution in [0.25, 0.3) is 0 Å². The number of rotatable bonds is 6. The number of ether oxygens (including phenoxy) is 2. The summed E-state index contributed by atoms with van der Waals surface area (Å²) in [6.07, 6.45) is 3.73. The van der Waals surface area contributed by atoms with Crippen LogP contribution < -0.4 is 10.1 Å². The van der Waals surface area contributed by atoms with E-state index in [0.717, 1.165) is 12.2 Å². The molecule has 0 radical (unpaired) electrons. The molecule has 3 heteroatoms. The molecule has 1 unspecified atom stereocenters. The van der Waals surface area contributed by atoms with Crippen molar-refractivity contribution < 1.29 is 9.47 Å². The van der Waals surface area contributed by atoms with Crippen LogP contribution in [0.3, 0.4) is 0 Å². The Morgan fingerprint density at radius 2 is 2.06 bits per heavy atom. The number of methoxy groups -OCH3 is 1. The Kier molecular flexibility index (Phi) is 4.83. The van der Waals surface area contributed by atoms with Gasteiger partial charge >= 0.3 is 0 Å². The normalized spacial score (nSPS) is 19.5. The van der Waals surface area contributed by atoms with Crippen LogP contribution in [0.5, 0.6) is 5.75 Å². The van der Waals surface area contributed by atoms with Gasteiger partial charge in [0.25, 0.3) is 0 Å². The monoisotopic (exact) mass is 235 g/mol. The van der Waals surface area contributed by atoms with Gasteiger partial charge in [0.1, 0.15) is 12.4 Å². The van der Waals surface area contributed by atoms with Crippen LogP contribution >= 0.6 is 0 Å². The standard InChI is InChI=1S/C14H21NO2/c1-16-9-10-17-14-6-4-12(5-7-14)11-13-3-2-8-15-13/h4-7,13,15H,2-3,8-11H2,1H3. The van der Waals surface area contributed by atoms with Crippen molar-refractivity contribution in [3.8, 4) is 5.75 Å². The van der Waals surface area contributed by atoms with Crippen molar-refractivity contribution in [2.24, 2.45) is 0 Å². The SMILES string of the molecule is COCCOc1ccc(CC2CCCN2)cc1. The van der Waals surface area contributed by atoms with Crippen molar-refractivity contribution in [1.29, 1.82) is 0 Å². The first-order valence-electron chi connectivity index (χ1n) is 6.32. The Morgan fingerprint density at radius 3 is 2.71 bits per heavy atom. The predicted octanol–water partition coefficient (Wildman–Crippen LogP) is 2.01. The second-order valence-corrected chi connectivity index (χ2v) is 4.48. The zero-order valence-corrected chi connectivity index (χ0v) is 10.4. The lowest BCUT2D eigenvalue weighted by atomic mass is 10.0. The highest BCUT2D eigenvalue weighted by Gasteiger charge is 2.13. The van der Waals surface area contributed by atoms with Gasteiger partial charge in [-0.15, -0.1) is 0 Å². The molecule has 0 saturated carbocycles. The summed E-state index contributed by atoms with van der Waals surface area (Å²) in [7, 11) is 1.68. The van der Waals surface area contributed by atoms with Crippen molar-refractivity contribution in [3.05, 3.63) is 29.8 Å². The van der Waals surface area contributed by atoms with Gasteiger partial charge in [0, 0.05) is 13.2 Å². The van der Waals surface area contributed by atoms with E-state index in [1.54, 1.807) is 7.11 Å². The minimum Gasteiger partial charge on any atom is -0.491 e. The quantitative estimate of drug-likeness (QED) is 0.765. The molecule has 0 aromatic heterocycles. The van der Waals surface area contributed by atoms with Crippen LogP contribution in [0, 0.1) is 0 Å². The molecule has 94 valence electrons. The molecule has 0 bridgehead atoms. The molecule has 1 saturated heterocycles. The van der Waals surface area contributed by atoms with Crippen LogP contribution in [-0.4, -0.2) is 32.9 Å². The molecule has 1 aromatic carbocycles. The van der Waals surface area contributed by atoms with E-state index in [1.165, 1.54) is 24.9 Å². The molecule has 3 nitrogen and oxygen atoms in total. The lowest BCUT2D eigenvalue weighted by Gasteiger charge is -2.11. The maximum Gasteiger partial charge on any atom is 0.119 e. The third-order valence-electron chi connectivity index (χ3n) is 3.12. The first kappa shape index (κ1) is 12.4. The molecule has 0 spiro atoms. The van der Waals surface area contributed by atoms with Gasteiger partial charge in [0.2, 0.25) is 0 Å². The van der Waals surface area contributed by atoms with Crippen molar-refractivity contribution >= 4 is 0 Å². The van der Waals surface area contributed by atoms with E-state index in [2.05, 4.69) is 17.4 Å². The molecule has 1 N–H and O–H groups in total. The van der Waals surface area contributed by atoms with E-state index in [0.29, 0.717) is 19.3 Å². The lowest BCUT2D eigenvalue weighted by molar-refractivity contribution is 0.146. The smallest absolute Gasteiger partial charge is 0.119 e. The van der Waals surface area contributed by atoms with Crippen LogP contribution in [-0.2, 0) is 11.2 Å². The highest BCUT2D eigenvalue weighted by molar-refractivity contribution is 5.27. The Morgan fingerprint density at radius 1 is 1.24 bits per heavy atom. The summed E-state index contributed by atoms with van der Waals surface area (Å²) >= 11 is 0. The van der Waals surface area contributed by atoms with E-state index in [-0.39, 0.29) is 0 Å². The first-order chi connectivity index (χ1) is 8.38. The summed E-state index contributed by atoms with van der Waals surface area (Å²) in [6, 6.07) is 9.06. The highest BCUT2D eigenvalue weighted by atomic mass is 16.5. The van der Waals surface area contributed by atoms with Crippen LogP contribution in [0.1, 0.15) is 18.4 Å². The zero-order chi connectivity index (χ0) is 11.9. The van der Waals surface area contributed by atoms with Crippen LogP contribution in [0.15, 0.2) is 24.3 Å². The van der Waals surface area contributed by atoms with Crippen molar-refractivity contribution in [1.82, 2.24) is 5.32 Å². The predicted molar refractivity (Wildman–Crippen MR) is 68.5 cm³/mol. The van der Waals surface area contributed by atoms with E-state index >= 15 is 0 Å². The van der Waals surface area contributed by atoms with E-state index < -0.39 is 0 Å². The summed E-state index contributed by atoms with van der Waals surface area (Å²) in [5, 5.41) is 3.51. The third kappa shape index (κ3) is 4.02. The zero-order valence-electron chi connectivity index (χ0n) is 10.4. The van der Waals surface area contributed by atoms with Gasteiger partial charge in [-0.2, -0.15) is 0 Å². The van der Waals surface area contributed by atoms with Crippen molar-refractivity contribution in [2.45, 2.75) is 25.3 Å². The molecule has 1 aromatic rings. The number of hydrogen-bond donors (Lipinski definition) is 1. The molecule has 1 fully saturated rings. The Hall–Kier alpha value is -1.06.